The van der Waals surface area contributed by atoms with Crippen molar-refractivity contribution in [3.8, 4) is 0 Å². The third kappa shape index (κ3) is 3.34. The van der Waals surface area contributed by atoms with E-state index in [1.165, 1.54) is 17.3 Å². The largest absolute Gasteiger partial charge is 0.309 e. The summed E-state index contributed by atoms with van der Waals surface area (Å²) in [7, 11) is 1.94. The molecule has 0 fully saturated rings. The standard InChI is InChI=1S/C11H17N5S/c1-3-12-10(11-7-14-17-15-11)5-4-9-6-13-16(2)8-9/h6-8,10,12H,3-5H2,1-2H3. The predicted molar refractivity (Wildman–Crippen MR) is 67.9 cm³/mol. The molecule has 0 aromatic carbocycles. The topological polar surface area (TPSA) is 55.6 Å². The van der Waals surface area contributed by atoms with Gasteiger partial charge in [-0.3, -0.25) is 4.68 Å². The van der Waals surface area contributed by atoms with Crippen LogP contribution in [0.25, 0.3) is 0 Å². The van der Waals surface area contributed by atoms with Crippen LogP contribution in [-0.2, 0) is 13.5 Å². The van der Waals surface area contributed by atoms with Crippen LogP contribution >= 0.6 is 11.7 Å². The van der Waals surface area contributed by atoms with E-state index in [2.05, 4.69) is 32.3 Å². The SMILES string of the molecule is CCNC(CCc1cnn(C)c1)c1cnsn1. The molecule has 2 rings (SSSR count). The first-order valence-corrected chi connectivity index (χ1v) is 6.51. The first kappa shape index (κ1) is 12.2. The zero-order valence-corrected chi connectivity index (χ0v) is 10.9. The van der Waals surface area contributed by atoms with Crippen LogP contribution in [0.2, 0.25) is 0 Å². The summed E-state index contributed by atoms with van der Waals surface area (Å²) in [4.78, 5) is 0. The number of aromatic nitrogens is 4. The maximum absolute atomic E-state index is 4.30. The number of aryl methyl sites for hydroxylation is 2. The summed E-state index contributed by atoms with van der Waals surface area (Å²) in [6.07, 6.45) is 7.85. The Labute approximate surface area is 105 Å². The van der Waals surface area contributed by atoms with Crippen LogP contribution in [0.5, 0.6) is 0 Å². The van der Waals surface area contributed by atoms with Gasteiger partial charge in [0.25, 0.3) is 0 Å². The minimum absolute atomic E-state index is 0.291. The molecule has 5 nitrogen and oxygen atoms in total. The molecule has 0 bridgehead atoms. The Morgan fingerprint density at radius 2 is 2.35 bits per heavy atom. The van der Waals surface area contributed by atoms with E-state index in [1.807, 2.05) is 24.1 Å². The average Bonchev–Trinajstić information content (AvgIpc) is 2.95. The van der Waals surface area contributed by atoms with Gasteiger partial charge in [0.15, 0.2) is 0 Å². The van der Waals surface area contributed by atoms with Crippen LogP contribution in [0.3, 0.4) is 0 Å². The van der Waals surface area contributed by atoms with E-state index in [0.29, 0.717) is 6.04 Å². The second kappa shape index (κ2) is 5.88. The Morgan fingerprint density at radius 3 is 2.94 bits per heavy atom. The summed E-state index contributed by atoms with van der Waals surface area (Å²) >= 11 is 1.26. The molecule has 0 spiro atoms. The molecule has 0 amide bonds. The highest BCUT2D eigenvalue weighted by molar-refractivity contribution is 6.99. The van der Waals surface area contributed by atoms with E-state index in [-0.39, 0.29) is 0 Å². The van der Waals surface area contributed by atoms with Crippen molar-refractivity contribution in [1.29, 1.82) is 0 Å². The van der Waals surface area contributed by atoms with Gasteiger partial charge in [-0.2, -0.15) is 13.8 Å². The quantitative estimate of drug-likeness (QED) is 0.846. The van der Waals surface area contributed by atoms with Crippen LogP contribution in [0.4, 0.5) is 0 Å². The monoisotopic (exact) mass is 251 g/mol. The molecule has 0 saturated heterocycles. The van der Waals surface area contributed by atoms with E-state index in [4.69, 9.17) is 0 Å². The average molecular weight is 251 g/mol. The van der Waals surface area contributed by atoms with E-state index in [9.17, 15) is 0 Å². The van der Waals surface area contributed by atoms with E-state index in [1.54, 1.807) is 0 Å². The molecular formula is C11H17N5S. The highest BCUT2D eigenvalue weighted by atomic mass is 32.1. The summed E-state index contributed by atoms with van der Waals surface area (Å²) in [5.41, 5.74) is 2.30. The van der Waals surface area contributed by atoms with Crippen molar-refractivity contribution < 1.29 is 0 Å². The van der Waals surface area contributed by atoms with Crippen molar-refractivity contribution >= 4 is 11.7 Å². The first-order chi connectivity index (χ1) is 8.29. The Kier molecular flexibility index (Phi) is 4.22. The van der Waals surface area contributed by atoms with Gasteiger partial charge in [-0.1, -0.05) is 6.92 Å². The van der Waals surface area contributed by atoms with E-state index < -0.39 is 0 Å². The Morgan fingerprint density at radius 1 is 1.47 bits per heavy atom. The van der Waals surface area contributed by atoms with Crippen LogP contribution < -0.4 is 5.32 Å². The van der Waals surface area contributed by atoms with Gasteiger partial charge in [-0.15, -0.1) is 0 Å². The summed E-state index contributed by atoms with van der Waals surface area (Å²) < 4.78 is 10.2. The van der Waals surface area contributed by atoms with Gasteiger partial charge in [0, 0.05) is 13.2 Å². The van der Waals surface area contributed by atoms with Crippen molar-refractivity contribution in [1.82, 2.24) is 23.8 Å². The minimum atomic E-state index is 0.291. The Balaban J connectivity index is 1.94. The van der Waals surface area contributed by atoms with Gasteiger partial charge in [-0.25, -0.2) is 0 Å². The molecule has 0 radical (unpaired) electrons. The first-order valence-electron chi connectivity index (χ1n) is 5.78. The Bertz CT molecular complexity index is 436. The molecule has 1 unspecified atom stereocenters. The number of nitrogens with zero attached hydrogens (tertiary/aromatic N) is 4. The van der Waals surface area contributed by atoms with Crippen molar-refractivity contribution in [2.45, 2.75) is 25.8 Å². The summed E-state index contributed by atoms with van der Waals surface area (Å²) in [6.45, 7) is 3.05. The molecular weight excluding hydrogens is 234 g/mol. The molecule has 6 heteroatoms. The molecule has 2 aromatic rings. The zero-order valence-electron chi connectivity index (χ0n) is 10.1. The van der Waals surface area contributed by atoms with Crippen molar-refractivity contribution in [3.05, 3.63) is 29.8 Å². The van der Waals surface area contributed by atoms with Crippen molar-refractivity contribution in [2.24, 2.45) is 7.05 Å². The second-order valence-electron chi connectivity index (χ2n) is 4.00. The summed E-state index contributed by atoms with van der Waals surface area (Å²) in [6, 6.07) is 0.291. The van der Waals surface area contributed by atoms with Crippen LogP contribution in [0.1, 0.15) is 30.6 Å². The highest BCUT2D eigenvalue weighted by Gasteiger charge is 2.13. The molecule has 2 heterocycles. The lowest BCUT2D eigenvalue weighted by Crippen LogP contribution is -2.21. The molecule has 2 aromatic heterocycles. The number of rotatable bonds is 6. The predicted octanol–water partition coefficient (Wildman–Crippen LogP) is 1.55. The van der Waals surface area contributed by atoms with Crippen LogP contribution in [0.15, 0.2) is 18.6 Å². The lowest BCUT2D eigenvalue weighted by molar-refractivity contribution is 0.507. The van der Waals surface area contributed by atoms with Gasteiger partial charge < -0.3 is 5.32 Å². The molecule has 0 aliphatic carbocycles. The van der Waals surface area contributed by atoms with Gasteiger partial charge >= 0.3 is 0 Å². The van der Waals surface area contributed by atoms with Crippen molar-refractivity contribution in [3.63, 3.8) is 0 Å². The number of nitrogens with one attached hydrogen (secondary N) is 1. The van der Waals surface area contributed by atoms with Crippen LogP contribution in [-0.4, -0.2) is 25.1 Å². The van der Waals surface area contributed by atoms with Crippen molar-refractivity contribution in [2.75, 3.05) is 6.54 Å². The maximum Gasteiger partial charge on any atom is 0.0912 e. The third-order valence-electron chi connectivity index (χ3n) is 2.67. The Hall–Kier alpha value is -1.27. The second-order valence-corrected chi connectivity index (χ2v) is 4.56. The molecule has 0 saturated carbocycles. The highest BCUT2D eigenvalue weighted by Crippen LogP contribution is 2.17. The molecule has 0 aliphatic heterocycles. The molecule has 17 heavy (non-hydrogen) atoms. The molecule has 1 N–H and O–H groups in total. The van der Waals surface area contributed by atoms with E-state index >= 15 is 0 Å². The molecule has 0 aliphatic rings. The van der Waals surface area contributed by atoms with Gasteiger partial charge in [0.1, 0.15) is 0 Å². The number of hydrogen-bond acceptors (Lipinski definition) is 5. The van der Waals surface area contributed by atoms with Crippen LogP contribution in [0, 0.1) is 0 Å². The summed E-state index contributed by atoms with van der Waals surface area (Å²) in [5.74, 6) is 0. The fourth-order valence-corrected chi connectivity index (χ4v) is 2.31. The summed E-state index contributed by atoms with van der Waals surface area (Å²) in [5, 5.41) is 7.61. The zero-order chi connectivity index (χ0) is 12.1. The van der Waals surface area contributed by atoms with Gasteiger partial charge in [-0.05, 0) is 24.9 Å². The van der Waals surface area contributed by atoms with Gasteiger partial charge in [0.2, 0.25) is 0 Å². The van der Waals surface area contributed by atoms with Gasteiger partial charge in [0.05, 0.1) is 35.9 Å². The maximum atomic E-state index is 4.30. The molecule has 1 atom stereocenters. The lowest BCUT2D eigenvalue weighted by atomic mass is 10.1. The lowest BCUT2D eigenvalue weighted by Gasteiger charge is -2.14. The molecule has 92 valence electrons. The smallest absolute Gasteiger partial charge is 0.0912 e. The number of hydrogen-bond donors (Lipinski definition) is 1. The normalized spacial score (nSPS) is 12.8. The third-order valence-corrected chi connectivity index (χ3v) is 3.16. The fourth-order valence-electron chi connectivity index (χ4n) is 1.84. The van der Waals surface area contributed by atoms with E-state index in [0.717, 1.165) is 25.1 Å². The minimum Gasteiger partial charge on any atom is -0.309 e. The fraction of sp³-hybridized carbons (Fsp3) is 0.545.